The fraction of sp³-hybridized carbons (Fsp3) is 0.412. The number of aliphatic imine (C=N–C) groups is 1. The average Bonchev–Trinajstić information content (AvgIpc) is 3.94. The molecule has 3 saturated carbocycles. The van der Waals surface area contributed by atoms with E-state index >= 15 is 4.39 Å². The number of carbonyl (C=O) groups is 2. The number of anilines is 1. The first-order valence-corrected chi connectivity index (χ1v) is 16.0. The molecule has 2 heterocycles. The maximum Gasteiger partial charge on any atom is 0.251 e. The van der Waals surface area contributed by atoms with Crippen molar-refractivity contribution in [1.82, 2.24) is 10.3 Å². The molecule has 0 radical (unpaired) electrons. The van der Waals surface area contributed by atoms with E-state index in [1.807, 2.05) is 0 Å². The van der Waals surface area contributed by atoms with Crippen LogP contribution in [0.15, 0.2) is 35.3 Å². The van der Waals surface area contributed by atoms with Gasteiger partial charge >= 0.3 is 0 Å². The number of alkyl halides is 1. The number of rotatable bonds is 11. The minimum absolute atomic E-state index is 0.00608. The average molecular weight is 668 g/mol. The maximum atomic E-state index is 15.3. The minimum atomic E-state index is -1.60. The van der Waals surface area contributed by atoms with E-state index < -0.39 is 39.7 Å². The van der Waals surface area contributed by atoms with Gasteiger partial charge in [-0.1, -0.05) is 11.6 Å². The van der Waals surface area contributed by atoms with E-state index in [2.05, 4.69) is 10.3 Å². The number of hydrogen-bond donors (Lipinski definition) is 3. The van der Waals surface area contributed by atoms with E-state index in [0.29, 0.717) is 35.4 Å². The lowest BCUT2D eigenvalue weighted by Crippen LogP contribution is -2.40. The molecule has 3 aromatic rings. The third-order valence-corrected chi connectivity index (χ3v) is 9.68. The Morgan fingerprint density at radius 2 is 1.96 bits per heavy atom. The summed E-state index contributed by atoms with van der Waals surface area (Å²) in [5.74, 6) is -4.30. The highest BCUT2D eigenvalue weighted by Gasteiger charge is 2.46. The predicted molar refractivity (Wildman–Crippen MR) is 170 cm³/mol. The van der Waals surface area contributed by atoms with Crippen LogP contribution in [0, 0.1) is 17.6 Å². The monoisotopic (exact) mass is 667 g/mol. The van der Waals surface area contributed by atoms with Crippen molar-refractivity contribution < 1.29 is 32.2 Å². The number of nitrogens with two attached hydrogens (primary N) is 2. The summed E-state index contributed by atoms with van der Waals surface area (Å²) in [7, 11) is 0. The van der Waals surface area contributed by atoms with Crippen LogP contribution in [-0.4, -0.2) is 48.1 Å². The van der Waals surface area contributed by atoms with E-state index in [9.17, 15) is 18.4 Å². The van der Waals surface area contributed by atoms with Crippen molar-refractivity contribution in [3.8, 4) is 22.8 Å². The first-order chi connectivity index (χ1) is 22.4. The van der Waals surface area contributed by atoms with Crippen molar-refractivity contribution >= 4 is 35.3 Å². The number of nitrogens with one attached hydrogen (secondary N) is 1. The Labute approximate surface area is 273 Å². The molecule has 2 aromatic carbocycles. The molecule has 7 rings (SSSR count). The van der Waals surface area contributed by atoms with E-state index in [0.717, 1.165) is 31.7 Å². The lowest BCUT2D eigenvalue weighted by Gasteiger charge is -2.22. The molecule has 5 N–H and O–H groups in total. The number of nitrogen functional groups attached to an aromatic ring is 1. The van der Waals surface area contributed by atoms with Gasteiger partial charge in [-0.2, -0.15) is 0 Å². The molecule has 1 aliphatic heterocycles. The molecule has 0 spiro atoms. The normalized spacial score (nSPS) is 21.6. The Morgan fingerprint density at radius 3 is 2.62 bits per heavy atom. The van der Waals surface area contributed by atoms with Crippen LogP contribution in [0.2, 0.25) is 5.02 Å². The summed E-state index contributed by atoms with van der Waals surface area (Å²) in [5.41, 5.74) is 12.7. The summed E-state index contributed by atoms with van der Waals surface area (Å²) in [4.78, 5) is 35.0. The summed E-state index contributed by atoms with van der Waals surface area (Å²) < 4.78 is 55.5. The quantitative estimate of drug-likeness (QED) is 0.103. The van der Waals surface area contributed by atoms with Gasteiger partial charge in [-0.25, -0.2) is 18.2 Å². The number of halogens is 4. The SMILES string of the molecule is C[C@]1(C(N)=O)COc2c1cc([C@@H](CNC(=O)c1cc(C=NC3(F)CC3)c(N)c(OC3CC3)c1)C1CC1)nc2-c1ccc(F)c(Cl)c1F. The van der Waals surface area contributed by atoms with Crippen molar-refractivity contribution in [3.63, 3.8) is 0 Å². The van der Waals surface area contributed by atoms with Gasteiger partial charge < -0.3 is 26.3 Å². The van der Waals surface area contributed by atoms with Crippen LogP contribution in [0.4, 0.5) is 18.9 Å². The molecule has 0 unspecified atom stereocenters. The number of aromatic nitrogens is 1. The van der Waals surface area contributed by atoms with Crippen LogP contribution >= 0.6 is 11.6 Å². The number of pyridine rings is 1. The zero-order valence-electron chi connectivity index (χ0n) is 25.5. The zero-order chi connectivity index (χ0) is 33.2. The first kappa shape index (κ1) is 31.3. The molecule has 47 heavy (non-hydrogen) atoms. The Balaban J connectivity index is 1.22. The summed E-state index contributed by atoms with van der Waals surface area (Å²) in [5, 5.41) is 2.29. The third-order valence-electron chi connectivity index (χ3n) is 9.33. The van der Waals surface area contributed by atoms with Gasteiger partial charge in [0.1, 0.15) is 40.1 Å². The third kappa shape index (κ3) is 5.99. The van der Waals surface area contributed by atoms with E-state index in [1.54, 1.807) is 25.1 Å². The van der Waals surface area contributed by atoms with Gasteiger partial charge in [-0.15, -0.1) is 0 Å². The van der Waals surface area contributed by atoms with Gasteiger partial charge in [0, 0.05) is 59.5 Å². The van der Waals surface area contributed by atoms with E-state index in [1.165, 1.54) is 12.3 Å². The summed E-state index contributed by atoms with van der Waals surface area (Å²) in [6.45, 7) is 1.69. The fourth-order valence-corrected chi connectivity index (χ4v) is 5.94. The lowest BCUT2D eigenvalue weighted by atomic mass is 9.82. The lowest BCUT2D eigenvalue weighted by molar-refractivity contribution is -0.123. The van der Waals surface area contributed by atoms with Crippen molar-refractivity contribution in [2.45, 2.75) is 68.7 Å². The molecule has 0 saturated heterocycles. The number of benzene rings is 2. The predicted octanol–water partition coefficient (Wildman–Crippen LogP) is 5.74. The number of carbonyl (C=O) groups excluding carboxylic acids is 2. The molecule has 3 fully saturated rings. The maximum absolute atomic E-state index is 15.3. The van der Waals surface area contributed by atoms with Crippen LogP contribution < -0.4 is 26.3 Å². The number of nitrogens with zero attached hydrogens (tertiary/aromatic N) is 2. The van der Waals surface area contributed by atoms with Crippen molar-refractivity contribution in [3.05, 3.63) is 69.4 Å². The molecule has 13 heteroatoms. The van der Waals surface area contributed by atoms with Crippen molar-refractivity contribution in [1.29, 1.82) is 0 Å². The summed E-state index contributed by atoms with van der Waals surface area (Å²) in [6, 6.07) is 7.09. The van der Waals surface area contributed by atoms with Gasteiger partial charge in [0.15, 0.2) is 11.6 Å². The second kappa shape index (κ2) is 11.4. The summed E-state index contributed by atoms with van der Waals surface area (Å²) in [6.07, 6.45) is 5.50. The standard InChI is InChI=1S/C34H33ClF3N5O4/c1-33(32(40)45)15-46-30-22(33)12-24(43-29(30)20-6-7-23(36)26(35)27(20)37)21(16-2-3-16)14-41-31(44)17-10-18(13-42-34(38)8-9-34)28(39)25(11-17)47-19-4-5-19/h6-7,10-13,16,19,21H,2-5,8-9,14-15,39H2,1H3,(H2,40,45)(H,41,44)/t21-,33-/m0/s1. The van der Waals surface area contributed by atoms with Crippen LogP contribution in [0.25, 0.3) is 11.3 Å². The van der Waals surface area contributed by atoms with Gasteiger partial charge in [-0.05, 0) is 68.9 Å². The zero-order valence-corrected chi connectivity index (χ0v) is 26.3. The topological polar surface area (TPSA) is 142 Å². The first-order valence-electron chi connectivity index (χ1n) is 15.6. The Morgan fingerprint density at radius 1 is 1.21 bits per heavy atom. The smallest absolute Gasteiger partial charge is 0.251 e. The van der Waals surface area contributed by atoms with Crippen LogP contribution in [0.3, 0.4) is 0 Å². The van der Waals surface area contributed by atoms with Crippen LogP contribution in [0.1, 0.15) is 78.5 Å². The summed E-state index contributed by atoms with van der Waals surface area (Å²) >= 11 is 5.92. The van der Waals surface area contributed by atoms with Gasteiger partial charge in [0.05, 0.1) is 11.8 Å². The molecule has 2 amide bonds. The number of fused-ring (bicyclic) bond motifs is 1. The highest BCUT2D eigenvalue weighted by Crippen LogP contribution is 2.49. The second-order valence-electron chi connectivity index (χ2n) is 13.1. The molecule has 246 valence electrons. The largest absolute Gasteiger partial charge is 0.489 e. The molecular formula is C34H33ClF3N5O4. The molecule has 9 nitrogen and oxygen atoms in total. The highest BCUT2D eigenvalue weighted by molar-refractivity contribution is 6.31. The number of primary amides is 1. The van der Waals surface area contributed by atoms with Gasteiger partial charge in [-0.3, -0.25) is 14.6 Å². The van der Waals surface area contributed by atoms with Crippen LogP contribution in [-0.2, 0) is 10.2 Å². The Hall–Kier alpha value is -4.32. The van der Waals surface area contributed by atoms with E-state index in [-0.39, 0.29) is 59.3 Å². The van der Waals surface area contributed by atoms with Gasteiger partial charge in [0.2, 0.25) is 5.91 Å². The molecule has 2 atom stereocenters. The fourth-order valence-electron chi connectivity index (χ4n) is 5.77. The Bertz CT molecular complexity index is 1840. The number of amides is 2. The molecule has 0 bridgehead atoms. The second-order valence-corrected chi connectivity index (χ2v) is 13.5. The van der Waals surface area contributed by atoms with E-state index in [4.69, 9.17) is 37.5 Å². The minimum Gasteiger partial charge on any atom is -0.489 e. The molecule has 1 aromatic heterocycles. The van der Waals surface area contributed by atoms with Crippen LogP contribution in [0.5, 0.6) is 11.5 Å². The number of hydrogen-bond acceptors (Lipinski definition) is 7. The Kier molecular flexibility index (Phi) is 7.61. The van der Waals surface area contributed by atoms with Gasteiger partial charge in [0.25, 0.3) is 5.91 Å². The number of ether oxygens (including phenoxy) is 2. The van der Waals surface area contributed by atoms with Crippen molar-refractivity contribution in [2.24, 2.45) is 16.6 Å². The molecule has 4 aliphatic rings. The molecular weight excluding hydrogens is 635 g/mol. The molecule has 3 aliphatic carbocycles. The highest BCUT2D eigenvalue weighted by atomic mass is 35.5. The van der Waals surface area contributed by atoms with Crippen molar-refractivity contribution in [2.75, 3.05) is 18.9 Å².